The lowest BCUT2D eigenvalue weighted by atomic mass is 10.0. The van der Waals surface area contributed by atoms with Gasteiger partial charge in [0, 0.05) is 19.0 Å². The fourth-order valence-electron chi connectivity index (χ4n) is 2.60. The molecule has 140 valence electrons. The van der Waals surface area contributed by atoms with Gasteiger partial charge in [-0.05, 0) is 36.1 Å². The van der Waals surface area contributed by atoms with Gasteiger partial charge in [0.1, 0.15) is 11.9 Å². The van der Waals surface area contributed by atoms with Crippen molar-refractivity contribution in [1.82, 2.24) is 10.6 Å². The summed E-state index contributed by atoms with van der Waals surface area (Å²) in [5, 5.41) is 23.0. The Balaban J connectivity index is 1.92. The monoisotopic (exact) mass is 369 g/mol. The standard InChI is InChI=1S/C20H20FN3O3/c21-18-11-15(6-7-16(18)12-22)13-23-20(27)24-17(8-9-19(25)26)10-14-4-2-1-3-5-14/h1-7,11,17H,8-10,13H2,(H,25,26)(H2,23,24,27). The Morgan fingerprint density at radius 3 is 2.52 bits per heavy atom. The van der Waals surface area contributed by atoms with Gasteiger partial charge in [0.25, 0.3) is 0 Å². The number of urea groups is 1. The van der Waals surface area contributed by atoms with Crippen LogP contribution in [0.3, 0.4) is 0 Å². The second-order valence-electron chi connectivity index (χ2n) is 6.07. The Kier molecular flexibility index (Phi) is 7.32. The summed E-state index contributed by atoms with van der Waals surface area (Å²) in [7, 11) is 0. The van der Waals surface area contributed by atoms with Crippen LogP contribution in [-0.4, -0.2) is 23.1 Å². The van der Waals surface area contributed by atoms with E-state index in [1.165, 1.54) is 12.1 Å². The molecule has 0 fully saturated rings. The molecule has 2 rings (SSSR count). The molecule has 27 heavy (non-hydrogen) atoms. The average Bonchev–Trinajstić information content (AvgIpc) is 2.65. The normalized spacial score (nSPS) is 11.3. The molecule has 0 aliphatic carbocycles. The van der Waals surface area contributed by atoms with Crippen LogP contribution in [0.1, 0.15) is 29.5 Å². The van der Waals surface area contributed by atoms with Crippen molar-refractivity contribution in [1.29, 1.82) is 5.26 Å². The number of hydrogen-bond acceptors (Lipinski definition) is 3. The van der Waals surface area contributed by atoms with E-state index >= 15 is 0 Å². The highest BCUT2D eigenvalue weighted by molar-refractivity contribution is 5.74. The van der Waals surface area contributed by atoms with Crippen molar-refractivity contribution in [3.63, 3.8) is 0 Å². The number of benzene rings is 2. The Labute approximate surface area is 156 Å². The van der Waals surface area contributed by atoms with Gasteiger partial charge in [0.15, 0.2) is 0 Å². The third-order valence-electron chi connectivity index (χ3n) is 3.97. The van der Waals surface area contributed by atoms with Crippen LogP contribution < -0.4 is 10.6 Å². The molecule has 2 amide bonds. The Hall–Kier alpha value is -3.40. The lowest BCUT2D eigenvalue weighted by molar-refractivity contribution is -0.137. The second-order valence-corrected chi connectivity index (χ2v) is 6.07. The fourth-order valence-corrected chi connectivity index (χ4v) is 2.60. The van der Waals surface area contributed by atoms with Gasteiger partial charge in [-0.2, -0.15) is 5.26 Å². The van der Waals surface area contributed by atoms with Crippen LogP contribution >= 0.6 is 0 Å². The van der Waals surface area contributed by atoms with Crippen LogP contribution in [-0.2, 0) is 17.8 Å². The van der Waals surface area contributed by atoms with E-state index in [9.17, 15) is 14.0 Å². The molecule has 0 aliphatic rings. The van der Waals surface area contributed by atoms with Crippen molar-refractivity contribution in [2.45, 2.75) is 31.8 Å². The highest BCUT2D eigenvalue weighted by Gasteiger charge is 2.15. The highest BCUT2D eigenvalue weighted by atomic mass is 19.1. The number of rotatable bonds is 8. The predicted octanol–water partition coefficient (Wildman–Crippen LogP) is 2.97. The molecule has 0 aromatic heterocycles. The van der Waals surface area contributed by atoms with Crippen molar-refractivity contribution < 1.29 is 19.1 Å². The molecule has 7 heteroatoms. The van der Waals surface area contributed by atoms with Gasteiger partial charge in [-0.3, -0.25) is 4.79 Å². The maximum absolute atomic E-state index is 13.6. The number of amides is 2. The number of carboxylic acids is 1. The summed E-state index contributed by atoms with van der Waals surface area (Å²) >= 11 is 0. The van der Waals surface area contributed by atoms with E-state index in [4.69, 9.17) is 10.4 Å². The predicted molar refractivity (Wildman–Crippen MR) is 97.3 cm³/mol. The van der Waals surface area contributed by atoms with Gasteiger partial charge in [-0.25, -0.2) is 9.18 Å². The lowest BCUT2D eigenvalue weighted by Crippen LogP contribution is -2.43. The second kappa shape index (κ2) is 9.92. The van der Waals surface area contributed by atoms with Crippen LogP contribution in [0.25, 0.3) is 0 Å². The molecular weight excluding hydrogens is 349 g/mol. The van der Waals surface area contributed by atoms with Gasteiger partial charge >= 0.3 is 12.0 Å². The molecule has 2 aromatic carbocycles. The SMILES string of the molecule is N#Cc1ccc(CNC(=O)NC(CCC(=O)O)Cc2ccccc2)cc1F. The number of nitriles is 1. The van der Waals surface area contributed by atoms with Crippen molar-refractivity contribution in [3.05, 3.63) is 71.0 Å². The van der Waals surface area contributed by atoms with E-state index in [2.05, 4.69) is 10.6 Å². The maximum Gasteiger partial charge on any atom is 0.315 e. The zero-order valence-electron chi connectivity index (χ0n) is 14.6. The number of carbonyl (C=O) groups excluding carboxylic acids is 1. The summed E-state index contributed by atoms with van der Waals surface area (Å²) in [6.45, 7) is 0.0887. The third-order valence-corrected chi connectivity index (χ3v) is 3.97. The Bertz CT molecular complexity index is 834. The largest absolute Gasteiger partial charge is 0.481 e. The van der Waals surface area contributed by atoms with Gasteiger partial charge in [0.05, 0.1) is 5.56 Å². The van der Waals surface area contributed by atoms with E-state index in [1.54, 1.807) is 12.1 Å². The fraction of sp³-hybridized carbons (Fsp3) is 0.250. The molecule has 1 atom stereocenters. The Morgan fingerprint density at radius 2 is 1.89 bits per heavy atom. The number of nitrogens with zero attached hydrogens (tertiary/aromatic N) is 1. The van der Waals surface area contributed by atoms with E-state index < -0.39 is 17.8 Å². The summed E-state index contributed by atoms with van der Waals surface area (Å²) in [5.74, 6) is -1.57. The first-order valence-corrected chi connectivity index (χ1v) is 8.46. The van der Waals surface area contributed by atoms with E-state index in [0.29, 0.717) is 18.4 Å². The smallest absolute Gasteiger partial charge is 0.315 e. The number of halogens is 1. The number of carbonyl (C=O) groups is 2. The molecule has 0 saturated carbocycles. The first-order valence-electron chi connectivity index (χ1n) is 8.46. The third kappa shape index (κ3) is 6.78. The minimum absolute atomic E-state index is 0.0557. The van der Waals surface area contributed by atoms with Crippen LogP contribution in [0, 0.1) is 17.1 Å². The summed E-state index contributed by atoms with van der Waals surface area (Å²) in [5.41, 5.74) is 1.45. The topological polar surface area (TPSA) is 102 Å². The molecule has 6 nitrogen and oxygen atoms in total. The van der Waals surface area contributed by atoms with Crippen LogP contribution in [0.5, 0.6) is 0 Å². The van der Waals surface area contributed by atoms with Gasteiger partial charge in [-0.15, -0.1) is 0 Å². The number of carboxylic acid groups (broad SMARTS) is 1. The zero-order valence-corrected chi connectivity index (χ0v) is 14.6. The molecule has 0 heterocycles. The number of aliphatic carboxylic acids is 1. The van der Waals surface area contributed by atoms with E-state index in [-0.39, 0.29) is 24.6 Å². The van der Waals surface area contributed by atoms with Crippen LogP contribution in [0.2, 0.25) is 0 Å². The van der Waals surface area contributed by atoms with Crippen LogP contribution in [0.15, 0.2) is 48.5 Å². The zero-order chi connectivity index (χ0) is 19.6. The lowest BCUT2D eigenvalue weighted by Gasteiger charge is -2.19. The Morgan fingerprint density at radius 1 is 1.15 bits per heavy atom. The van der Waals surface area contributed by atoms with Crippen molar-refractivity contribution >= 4 is 12.0 Å². The molecule has 0 saturated heterocycles. The van der Waals surface area contributed by atoms with Gasteiger partial charge < -0.3 is 15.7 Å². The highest BCUT2D eigenvalue weighted by Crippen LogP contribution is 2.10. The summed E-state index contributed by atoms with van der Waals surface area (Å²) < 4.78 is 13.6. The number of nitrogens with one attached hydrogen (secondary N) is 2. The van der Waals surface area contributed by atoms with Gasteiger partial charge in [0.2, 0.25) is 0 Å². The first-order chi connectivity index (χ1) is 13.0. The molecule has 1 unspecified atom stereocenters. The van der Waals surface area contributed by atoms with Crippen LogP contribution in [0.4, 0.5) is 9.18 Å². The molecular formula is C20H20FN3O3. The number of hydrogen-bond donors (Lipinski definition) is 3. The first kappa shape index (κ1) is 19.9. The minimum atomic E-state index is -0.927. The quantitative estimate of drug-likeness (QED) is 0.666. The average molecular weight is 369 g/mol. The molecule has 2 aromatic rings. The van der Waals surface area contributed by atoms with E-state index in [0.717, 1.165) is 5.56 Å². The summed E-state index contributed by atoms with van der Waals surface area (Å²) in [6.07, 6.45) is 0.745. The van der Waals surface area contributed by atoms with E-state index in [1.807, 2.05) is 30.3 Å². The maximum atomic E-state index is 13.6. The van der Waals surface area contributed by atoms with Crippen molar-refractivity contribution in [3.8, 4) is 6.07 Å². The molecule has 3 N–H and O–H groups in total. The van der Waals surface area contributed by atoms with Crippen molar-refractivity contribution in [2.24, 2.45) is 0 Å². The summed E-state index contributed by atoms with van der Waals surface area (Å²) in [4.78, 5) is 23.0. The minimum Gasteiger partial charge on any atom is -0.481 e. The molecule has 0 bridgehead atoms. The van der Waals surface area contributed by atoms with Crippen molar-refractivity contribution in [2.75, 3.05) is 0 Å². The van der Waals surface area contributed by atoms with Gasteiger partial charge in [-0.1, -0.05) is 36.4 Å². The molecule has 0 spiro atoms. The molecule has 0 radical (unpaired) electrons. The molecule has 0 aliphatic heterocycles. The summed E-state index contributed by atoms with van der Waals surface area (Å²) in [6, 6.07) is 14.5.